The van der Waals surface area contributed by atoms with Gasteiger partial charge in [-0.3, -0.25) is 9.59 Å². The van der Waals surface area contributed by atoms with Crippen LogP contribution in [-0.4, -0.2) is 61.4 Å². The normalized spacial score (nSPS) is 16.3. The van der Waals surface area contributed by atoms with Crippen LogP contribution in [0.15, 0.2) is 24.3 Å². The van der Waals surface area contributed by atoms with Crippen molar-refractivity contribution in [2.45, 2.75) is 33.1 Å². The molecule has 0 aliphatic carbocycles. The van der Waals surface area contributed by atoms with Gasteiger partial charge in [-0.2, -0.15) is 0 Å². The second-order valence-electron chi connectivity index (χ2n) is 6.84. The Hall–Kier alpha value is -1.59. The highest BCUT2D eigenvalue weighted by atomic mass is 35.5. The number of likely N-dealkylation sites (tertiary alicyclic amines) is 1. The molecule has 146 valence electrons. The molecule has 1 aromatic carbocycles. The Morgan fingerprint density at radius 2 is 1.85 bits per heavy atom. The number of hydrogen-bond donors (Lipinski definition) is 1. The molecule has 2 amide bonds. The van der Waals surface area contributed by atoms with Gasteiger partial charge in [0.1, 0.15) is 0 Å². The number of benzene rings is 1. The van der Waals surface area contributed by atoms with Crippen molar-refractivity contribution in [1.82, 2.24) is 15.1 Å². The van der Waals surface area contributed by atoms with Crippen molar-refractivity contribution < 1.29 is 9.59 Å². The fourth-order valence-corrected chi connectivity index (χ4v) is 3.48. The molecule has 1 fully saturated rings. The predicted octanol–water partition coefficient (Wildman–Crippen LogP) is 3.05. The van der Waals surface area contributed by atoms with Crippen LogP contribution in [-0.2, 0) is 0 Å². The molecule has 0 aromatic heterocycles. The second kappa shape index (κ2) is 11.2. The van der Waals surface area contributed by atoms with Crippen molar-refractivity contribution in [2.75, 3.05) is 39.8 Å². The summed E-state index contributed by atoms with van der Waals surface area (Å²) in [6, 6.07) is 7.20. The molecule has 1 heterocycles. The monoisotopic (exact) mass is 381 g/mol. The zero-order valence-corrected chi connectivity index (χ0v) is 17.0. The molecule has 0 spiro atoms. The number of halogens is 1. The third kappa shape index (κ3) is 5.71. The smallest absolute Gasteiger partial charge is 0.253 e. The van der Waals surface area contributed by atoms with Crippen molar-refractivity contribution in [1.29, 1.82) is 0 Å². The number of carbonyl (C=O) groups is 2. The summed E-state index contributed by atoms with van der Waals surface area (Å²) in [5, 5.41) is 3.18. The Balaban J connectivity index is 0.00000338. The van der Waals surface area contributed by atoms with E-state index in [2.05, 4.69) is 19.2 Å². The molecule has 1 atom stereocenters. The summed E-state index contributed by atoms with van der Waals surface area (Å²) in [6.45, 7) is 8.17. The first-order valence-electron chi connectivity index (χ1n) is 9.43. The van der Waals surface area contributed by atoms with Gasteiger partial charge in [-0.25, -0.2) is 0 Å². The molecule has 1 aliphatic rings. The van der Waals surface area contributed by atoms with Crippen molar-refractivity contribution in [3.63, 3.8) is 0 Å². The quantitative estimate of drug-likeness (QED) is 0.753. The molecular weight excluding hydrogens is 350 g/mol. The first kappa shape index (κ1) is 22.5. The van der Waals surface area contributed by atoms with Gasteiger partial charge in [0.2, 0.25) is 0 Å². The minimum atomic E-state index is 0. The molecule has 1 unspecified atom stereocenters. The highest BCUT2D eigenvalue weighted by Crippen LogP contribution is 2.19. The van der Waals surface area contributed by atoms with Gasteiger partial charge < -0.3 is 15.1 Å². The summed E-state index contributed by atoms with van der Waals surface area (Å²) < 4.78 is 0. The average Bonchev–Trinajstić information content (AvgIpc) is 3.09. The Morgan fingerprint density at radius 3 is 2.46 bits per heavy atom. The van der Waals surface area contributed by atoms with E-state index in [0.717, 1.165) is 52.0 Å². The lowest BCUT2D eigenvalue weighted by molar-refractivity contribution is 0.0755. The number of nitrogens with one attached hydrogen (secondary N) is 1. The van der Waals surface area contributed by atoms with Crippen molar-refractivity contribution in [3.05, 3.63) is 35.4 Å². The van der Waals surface area contributed by atoms with E-state index in [1.54, 1.807) is 6.07 Å². The van der Waals surface area contributed by atoms with Gasteiger partial charge in [0.05, 0.1) is 0 Å². The lowest BCUT2D eigenvalue weighted by Crippen LogP contribution is -2.33. The van der Waals surface area contributed by atoms with Crippen LogP contribution in [0.5, 0.6) is 0 Å². The molecule has 0 radical (unpaired) electrons. The minimum absolute atomic E-state index is 0. The highest BCUT2D eigenvalue weighted by Gasteiger charge is 2.27. The summed E-state index contributed by atoms with van der Waals surface area (Å²) in [5.41, 5.74) is 1.22. The van der Waals surface area contributed by atoms with E-state index in [-0.39, 0.29) is 24.2 Å². The molecule has 0 bridgehead atoms. The van der Waals surface area contributed by atoms with E-state index in [1.165, 1.54) is 0 Å². The van der Waals surface area contributed by atoms with Crippen LogP contribution >= 0.6 is 12.4 Å². The molecule has 2 rings (SSSR count). The zero-order chi connectivity index (χ0) is 18.2. The maximum absolute atomic E-state index is 12.8. The van der Waals surface area contributed by atoms with E-state index in [1.807, 2.05) is 35.0 Å². The topological polar surface area (TPSA) is 52.7 Å². The van der Waals surface area contributed by atoms with Crippen LogP contribution in [0.1, 0.15) is 53.8 Å². The lowest BCUT2D eigenvalue weighted by atomic mass is 10.1. The van der Waals surface area contributed by atoms with Crippen LogP contribution in [0, 0.1) is 5.92 Å². The van der Waals surface area contributed by atoms with Gasteiger partial charge in [-0.1, -0.05) is 19.9 Å². The maximum atomic E-state index is 12.8. The first-order valence-corrected chi connectivity index (χ1v) is 9.43. The second-order valence-corrected chi connectivity index (χ2v) is 6.84. The third-order valence-electron chi connectivity index (χ3n) is 4.70. The van der Waals surface area contributed by atoms with Crippen molar-refractivity contribution in [2.24, 2.45) is 5.92 Å². The molecule has 0 saturated carbocycles. The molecule has 6 heteroatoms. The number of amides is 2. The zero-order valence-electron chi connectivity index (χ0n) is 16.2. The van der Waals surface area contributed by atoms with Crippen LogP contribution in [0.4, 0.5) is 0 Å². The Labute approximate surface area is 163 Å². The summed E-state index contributed by atoms with van der Waals surface area (Å²) in [4.78, 5) is 29.3. The van der Waals surface area contributed by atoms with Gasteiger partial charge in [-0.15, -0.1) is 12.4 Å². The maximum Gasteiger partial charge on any atom is 0.253 e. The fourth-order valence-electron chi connectivity index (χ4n) is 3.48. The Bertz CT molecular complexity index is 588. The summed E-state index contributed by atoms with van der Waals surface area (Å²) in [6.07, 6.45) is 2.90. The van der Waals surface area contributed by atoms with Gasteiger partial charge in [0.15, 0.2) is 0 Å². The van der Waals surface area contributed by atoms with E-state index in [9.17, 15) is 9.59 Å². The molecule has 26 heavy (non-hydrogen) atoms. The molecular formula is C20H32ClN3O2. The fraction of sp³-hybridized carbons (Fsp3) is 0.600. The number of hydrogen-bond acceptors (Lipinski definition) is 3. The molecule has 1 N–H and O–H groups in total. The largest absolute Gasteiger partial charge is 0.339 e. The van der Waals surface area contributed by atoms with E-state index >= 15 is 0 Å². The summed E-state index contributed by atoms with van der Waals surface area (Å²) >= 11 is 0. The summed E-state index contributed by atoms with van der Waals surface area (Å²) in [7, 11) is 1.94. The number of rotatable bonds is 8. The van der Waals surface area contributed by atoms with Crippen LogP contribution in [0.25, 0.3) is 0 Å². The number of nitrogens with zero attached hydrogens (tertiary/aromatic N) is 2. The number of carbonyl (C=O) groups excluding carboxylic acids is 2. The van der Waals surface area contributed by atoms with Gasteiger partial charge in [0, 0.05) is 37.3 Å². The first-order chi connectivity index (χ1) is 12.1. The van der Waals surface area contributed by atoms with Crippen LogP contribution in [0.3, 0.4) is 0 Å². The average molecular weight is 382 g/mol. The van der Waals surface area contributed by atoms with Crippen LogP contribution < -0.4 is 5.32 Å². The lowest BCUT2D eigenvalue weighted by Gasteiger charge is -2.22. The third-order valence-corrected chi connectivity index (χ3v) is 4.70. The van der Waals surface area contributed by atoms with E-state index in [0.29, 0.717) is 17.0 Å². The van der Waals surface area contributed by atoms with Crippen LogP contribution in [0.2, 0.25) is 0 Å². The molecule has 5 nitrogen and oxygen atoms in total. The van der Waals surface area contributed by atoms with Gasteiger partial charge in [0.25, 0.3) is 11.8 Å². The van der Waals surface area contributed by atoms with Gasteiger partial charge in [-0.05, 0) is 57.0 Å². The van der Waals surface area contributed by atoms with E-state index < -0.39 is 0 Å². The molecule has 1 aliphatic heterocycles. The van der Waals surface area contributed by atoms with Crippen molar-refractivity contribution in [3.8, 4) is 0 Å². The Kier molecular flexibility index (Phi) is 9.66. The predicted molar refractivity (Wildman–Crippen MR) is 108 cm³/mol. The molecule has 1 saturated heterocycles. The Morgan fingerprint density at radius 1 is 1.19 bits per heavy atom. The highest BCUT2D eigenvalue weighted by molar-refractivity contribution is 5.99. The summed E-state index contributed by atoms with van der Waals surface area (Å²) in [5.74, 6) is 0.571. The molecule has 1 aromatic rings. The van der Waals surface area contributed by atoms with E-state index in [4.69, 9.17) is 0 Å². The van der Waals surface area contributed by atoms with Crippen molar-refractivity contribution >= 4 is 24.2 Å². The SMILES string of the molecule is CCCN(CCC)C(=O)c1cccc(C(=O)N2CCC(CNC)C2)c1.Cl. The van der Waals surface area contributed by atoms with Gasteiger partial charge >= 0.3 is 0 Å². The minimum Gasteiger partial charge on any atom is -0.339 e. The standard InChI is InChI=1S/C20H31N3O2.ClH/c1-4-10-22(11-5-2)19(24)17-7-6-8-18(13-17)20(25)23-12-9-16(15-23)14-21-3;/h6-8,13,16,21H,4-5,9-12,14-15H2,1-3H3;1H.